The van der Waals surface area contributed by atoms with E-state index in [4.69, 9.17) is 29.4 Å². The van der Waals surface area contributed by atoms with Crippen molar-refractivity contribution < 1.29 is 52.8 Å². The summed E-state index contributed by atoms with van der Waals surface area (Å²) < 4.78 is 26.5. The highest BCUT2D eigenvalue weighted by molar-refractivity contribution is 5.97. The van der Waals surface area contributed by atoms with Crippen LogP contribution in [0.5, 0.6) is 0 Å². The molecule has 0 aliphatic heterocycles. The summed E-state index contributed by atoms with van der Waals surface area (Å²) in [4.78, 5) is 61.6. The Morgan fingerprint density at radius 2 is 1.44 bits per heavy atom. The normalized spacial score (nSPS) is 12.2. The number of hydrogen-bond donors (Lipinski definition) is 5. The fourth-order valence-corrected chi connectivity index (χ4v) is 4.53. The first-order valence-corrected chi connectivity index (χ1v) is 17.0. The van der Waals surface area contributed by atoms with Crippen molar-refractivity contribution in [1.29, 1.82) is 0 Å². The van der Waals surface area contributed by atoms with E-state index in [1.54, 1.807) is 24.3 Å². The number of Topliss-reactive ketones (excluding diaryl/α,β-unsaturated/α-hetero) is 1. The van der Waals surface area contributed by atoms with Gasteiger partial charge in [-0.2, -0.15) is 0 Å². The van der Waals surface area contributed by atoms with Gasteiger partial charge < -0.3 is 50.5 Å². The Kier molecular flexibility index (Phi) is 24.6. The summed E-state index contributed by atoms with van der Waals surface area (Å²) in [5.74, 6) is -2.16. The van der Waals surface area contributed by atoms with E-state index in [1.807, 2.05) is 13.8 Å². The molecule has 0 spiro atoms. The fraction of sp³-hybridized carbons (Fsp3) is 0.629. The summed E-state index contributed by atoms with van der Waals surface area (Å²) in [6.45, 7) is 9.95. The lowest BCUT2D eigenvalue weighted by Gasteiger charge is -2.24. The Labute approximate surface area is 294 Å². The van der Waals surface area contributed by atoms with E-state index in [0.717, 1.165) is 0 Å². The summed E-state index contributed by atoms with van der Waals surface area (Å²) in [5, 5.41) is 17.4. The summed E-state index contributed by atoms with van der Waals surface area (Å²) in [7, 11) is 0. The van der Waals surface area contributed by atoms with E-state index in [-0.39, 0.29) is 81.8 Å². The van der Waals surface area contributed by atoms with Crippen molar-refractivity contribution in [2.24, 2.45) is 17.6 Å². The minimum atomic E-state index is -0.786. The first-order chi connectivity index (χ1) is 24.1. The molecule has 1 aromatic carbocycles. The quantitative estimate of drug-likeness (QED) is 0.0444. The third-order valence-corrected chi connectivity index (χ3v) is 7.23. The molecule has 4 amide bonds. The molecule has 1 aromatic rings. The second-order valence-electron chi connectivity index (χ2n) is 11.7. The van der Waals surface area contributed by atoms with Crippen molar-refractivity contribution in [1.82, 2.24) is 10.6 Å². The van der Waals surface area contributed by atoms with Crippen LogP contribution < -0.4 is 21.7 Å². The number of primary amides is 1. The van der Waals surface area contributed by atoms with Crippen LogP contribution in [0.15, 0.2) is 36.9 Å². The van der Waals surface area contributed by atoms with Crippen LogP contribution in [-0.2, 0) is 49.5 Å². The second-order valence-corrected chi connectivity index (χ2v) is 11.7. The number of ether oxygens (including phenoxy) is 5. The fourth-order valence-electron chi connectivity index (χ4n) is 4.53. The van der Waals surface area contributed by atoms with Crippen molar-refractivity contribution in [2.45, 2.75) is 65.0 Å². The molecule has 0 radical (unpaired) electrons. The first-order valence-electron chi connectivity index (χ1n) is 17.0. The van der Waals surface area contributed by atoms with Gasteiger partial charge in [-0.25, -0.2) is 4.79 Å². The van der Waals surface area contributed by atoms with Crippen LogP contribution in [0.25, 0.3) is 0 Å². The van der Waals surface area contributed by atoms with Gasteiger partial charge >= 0.3 is 12.0 Å². The summed E-state index contributed by atoms with van der Waals surface area (Å²) >= 11 is 0. The van der Waals surface area contributed by atoms with Crippen molar-refractivity contribution in [2.75, 3.05) is 71.3 Å². The van der Waals surface area contributed by atoms with Crippen LogP contribution in [0.1, 0.15) is 57.9 Å². The molecular formula is C35H56N4O11. The van der Waals surface area contributed by atoms with Gasteiger partial charge in [-0.05, 0) is 36.5 Å². The van der Waals surface area contributed by atoms with E-state index < -0.39 is 18.0 Å². The summed E-state index contributed by atoms with van der Waals surface area (Å²) in [6, 6.07) is 5.32. The molecule has 15 heteroatoms. The lowest BCUT2D eigenvalue weighted by molar-refractivity contribution is -0.143. The number of nitrogens with two attached hydrogens (primary N) is 1. The second kappa shape index (κ2) is 27.9. The molecule has 0 saturated heterocycles. The van der Waals surface area contributed by atoms with E-state index in [1.165, 1.54) is 6.08 Å². The maximum Gasteiger partial charge on any atom is 0.312 e. The van der Waals surface area contributed by atoms with Crippen molar-refractivity contribution in [3.63, 3.8) is 0 Å². The third kappa shape index (κ3) is 22.0. The Balaban J connectivity index is 2.39. The third-order valence-electron chi connectivity index (χ3n) is 7.23. The topological polar surface area (TPSA) is 214 Å². The minimum Gasteiger partial charge on any atom is -0.461 e. The minimum absolute atomic E-state index is 0.0478. The average molecular weight is 709 g/mol. The van der Waals surface area contributed by atoms with Crippen molar-refractivity contribution >= 4 is 35.3 Å². The van der Waals surface area contributed by atoms with E-state index >= 15 is 0 Å². The highest BCUT2D eigenvalue weighted by Crippen LogP contribution is 2.20. The average Bonchev–Trinajstić information content (AvgIpc) is 3.09. The molecule has 0 aromatic heterocycles. The SMILES string of the molecule is C=CCOC(=O)CCOCCOCCOCCOCCC(=O)N[C@H](C(=O)C[C@@H](CCCCNC(N)=O)C(=O)Nc1ccc(CO)cc1)C(C)C. The number of nitrogens with one attached hydrogen (secondary N) is 3. The smallest absolute Gasteiger partial charge is 0.312 e. The molecule has 50 heavy (non-hydrogen) atoms. The van der Waals surface area contributed by atoms with Gasteiger partial charge in [0.05, 0.1) is 71.9 Å². The molecule has 15 nitrogen and oxygen atoms in total. The van der Waals surface area contributed by atoms with Gasteiger partial charge in [0.25, 0.3) is 0 Å². The first kappa shape index (κ1) is 44.1. The number of rotatable bonds is 30. The lowest BCUT2D eigenvalue weighted by Crippen LogP contribution is -2.45. The summed E-state index contributed by atoms with van der Waals surface area (Å²) in [6.07, 6.45) is 3.16. The molecule has 2 atom stereocenters. The Bertz CT molecular complexity index is 1150. The van der Waals surface area contributed by atoms with Gasteiger partial charge in [-0.1, -0.05) is 45.1 Å². The number of unbranched alkanes of at least 4 members (excludes halogenated alkanes) is 1. The molecule has 0 saturated carbocycles. The zero-order chi connectivity index (χ0) is 37.0. The van der Waals surface area contributed by atoms with E-state index in [2.05, 4.69) is 22.5 Å². The van der Waals surface area contributed by atoms with Gasteiger partial charge in [0.2, 0.25) is 11.8 Å². The molecule has 1 rings (SSSR count). The number of ketones is 1. The number of anilines is 1. The highest BCUT2D eigenvalue weighted by atomic mass is 16.6. The number of benzene rings is 1. The highest BCUT2D eigenvalue weighted by Gasteiger charge is 2.29. The molecule has 0 fully saturated rings. The molecule has 0 unspecified atom stereocenters. The Morgan fingerprint density at radius 1 is 0.860 bits per heavy atom. The van der Waals surface area contributed by atoms with Gasteiger partial charge in [0.15, 0.2) is 5.78 Å². The van der Waals surface area contributed by atoms with Crippen LogP contribution in [-0.4, -0.2) is 107 Å². The molecule has 6 N–H and O–H groups in total. The predicted octanol–water partition coefficient (Wildman–Crippen LogP) is 2.25. The molecule has 0 bridgehead atoms. The molecule has 282 valence electrons. The van der Waals surface area contributed by atoms with Gasteiger partial charge in [-0.3, -0.25) is 19.2 Å². The maximum absolute atomic E-state index is 13.4. The number of carbonyl (C=O) groups excluding carboxylic acids is 5. The van der Waals surface area contributed by atoms with Crippen LogP contribution in [0.3, 0.4) is 0 Å². The Hall–Kier alpha value is -3.89. The lowest BCUT2D eigenvalue weighted by atomic mass is 9.89. The predicted molar refractivity (Wildman–Crippen MR) is 186 cm³/mol. The molecule has 0 aliphatic carbocycles. The van der Waals surface area contributed by atoms with Gasteiger partial charge in [0, 0.05) is 31.0 Å². The zero-order valence-corrected chi connectivity index (χ0v) is 29.5. The van der Waals surface area contributed by atoms with Gasteiger partial charge in [-0.15, -0.1) is 0 Å². The van der Waals surface area contributed by atoms with E-state index in [9.17, 15) is 29.1 Å². The number of amides is 4. The number of urea groups is 1. The maximum atomic E-state index is 13.4. The molecule has 0 aliphatic rings. The monoisotopic (exact) mass is 708 g/mol. The summed E-state index contributed by atoms with van der Waals surface area (Å²) in [5.41, 5.74) is 6.35. The van der Waals surface area contributed by atoms with Crippen molar-refractivity contribution in [3.05, 3.63) is 42.5 Å². The number of aliphatic hydroxyl groups excluding tert-OH is 1. The molecular weight excluding hydrogens is 652 g/mol. The number of esters is 1. The van der Waals surface area contributed by atoms with Crippen LogP contribution in [0.4, 0.5) is 10.5 Å². The Morgan fingerprint density at radius 3 is 1.98 bits per heavy atom. The number of hydrogen-bond acceptors (Lipinski definition) is 11. The van der Waals surface area contributed by atoms with Crippen LogP contribution in [0.2, 0.25) is 0 Å². The van der Waals surface area contributed by atoms with E-state index in [0.29, 0.717) is 70.1 Å². The molecule has 0 heterocycles. The van der Waals surface area contributed by atoms with Crippen molar-refractivity contribution in [3.8, 4) is 0 Å². The zero-order valence-electron chi connectivity index (χ0n) is 29.5. The van der Waals surface area contributed by atoms with Crippen LogP contribution in [0, 0.1) is 11.8 Å². The largest absolute Gasteiger partial charge is 0.461 e. The van der Waals surface area contributed by atoms with Gasteiger partial charge in [0.1, 0.15) is 6.61 Å². The standard InChI is InChI=1S/C35H56N4O11/c1-4-15-50-32(43)13-17-47-19-21-49-23-22-48-20-18-46-16-12-31(42)39-33(26(2)3)30(41)24-28(7-5-6-14-37-35(36)45)34(44)38-29-10-8-27(25-40)9-11-29/h4,8-11,26,28,33,40H,1,5-7,12-25H2,2-3H3,(H,38,44)(H,39,42)(H3,36,37,45)/t28-,33+/m1/s1. The van der Waals surface area contributed by atoms with Crippen LogP contribution >= 0.6 is 0 Å². The number of aliphatic hydroxyl groups is 1. The number of carbonyl (C=O) groups is 5.